The molecule has 1 saturated heterocycles. The van der Waals surface area contributed by atoms with Crippen molar-refractivity contribution in [3.8, 4) is 11.6 Å². The molecule has 0 saturated carbocycles. The number of benzene rings is 1. The smallest absolute Gasteiger partial charge is 0.493 e. The number of imidazole rings is 1. The van der Waals surface area contributed by atoms with Gasteiger partial charge in [0.15, 0.2) is 0 Å². The van der Waals surface area contributed by atoms with Crippen molar-refractivity contribution in [2.24, 2.45) is 0 Å². The number of halogens is 3. The summed E-state index contributed by atoms with van der Waals surface area (Å²) in [6.45, 7) is 2.55. The van der Waals surface area contributed by atoms with E-state index in [1.54, 1.807) is 18.5 Å². The van der Waals surface area contributed by atoms with E-state index in [1.165, 1.54) is 10.8 Å². The number of sulfone groups is 1. The summed E-state index contributed by atoms with van der Waals surface area (Å²) in [5, 5.41) is 10.3. The van der Waals surface area contributed by atoms with E-state index in [4.69, 9.17) is 4.74 Å². The predicted octanol–water partition coefficient (Wildman–Crippen LogP) is 1.92. The minimum Gasteiger partial charge on any atom is -0.493 e. The molecule has 9 nitrogen and oxygen atoms in total. The van der Waals surface area contributed by atoms with Crippen molar-refractivity contribution < 1.29 is 31.4 Å². The average Bonchev–Trinajstić information content (AvgIpc) is 3.07. The molecule has 1 N–H and O–H groups in total. The number of alkyl halides is 3. The molecule has 0 amide bonds. The van der Waals surface area contributed by atoms with Crippen molar-refractivity contribution in [2.75, 3.05) is 31.2 Å². The molecule has 0 radical (unpaired) electrons. The van der Waals surface area contributed by atoms with Gasteiger partial charge in [-0.15, -0.1) is 0 Å². The Hall–Kier alpha value is -3.32. The minimum atomic E-state index is -5.52. The average molecular weight is 484 g/mol. The van der Waals surface area contributed by atoms with E-state index in [-0.39, 0.29) is 12.2 Å². The maximum atomic E-state index is 12.9. The molecule has 0 bridgehead atoms. The Balaban J connectivity index is 1.65. The van der Waals surface area contributed by atoms with Crippen LogP contribution < -0.4 is 10.6 Å². The van der Waals surface area contributed by atoms with Gasteiger partial charge in [0.25, 0.3) is 9.84 Å². The fourth-order valence-electron chi connectivity index (χ4n) is 3.56. The third-order valence-electron chi connectivity index (χ3n) is 5.23. The summed E-state index contributed by atoms with van der Waals surface area (Å²) < 4.78 is 68.8. The highest BCUT2D eigenvalue weighted by Crippen LogP contribution is 2.31. The van der Waals surface area contributed by atoms with Crippen LogP contribution in [0.4, 0.5) is 18.9 Å². The van der Waals surface area contributed by atoms with Gasteiger partial charge in [0.05, 0.1) is 48.4 Å². The summed E-state index contributed by atoms with van der Waals surface area (Å²) in [4.78, 5) is 18.2. The van der Waals surface area contributed by atoms with E-state index < -0.39 is 31.8 Å². The zero-order valence-electron chi connectivity index (χ0n) is 17.1. The van der Waals surface area contributed by atoms with Gasteiger partial charge in [0.2, 0.25) is 5.88 Å². The van der Waals surface area contributed by atoms with Crippen LogP contribution in [0, 0.1) is 0 Å². The Morgan fingerprint density at radius 1 is 1.09 bits per heavy atom. The summed E-state index contributed by atoms with van der Waals surface area (Å²) in [5.74, 6) is -0.451. The Bertz CT molecular complexity index is 1310. The van der Waals surface area contributed by atoms with Crippen molar-refractivity contribution in [3.63, 3.8) is 0 Å². The molecule has 3 aromatic rings. The lowest BCUT2D eigenvalue weighted by atomic mass is 10.2. The number of morpholine rings is 1. The van der Waals surface area contributed by atoms with Crippen LogP contribution >= 0.6 is 0 Å². The molecule has 33 heavy (non-hydrogen) atoms. The largest absolute Gasteiger partial charge is 0.501 e. The SMILES string of the molecule is O=c1n(Cc2ccncc2N2CCOCC2)cc(O)n1-c1ccc(S(=O)(=O)C(F)(F)F)cc1. The highest BCUT2D eigenvalue weighted by molar-refractivity contribution is 7.92. The summed E-state index contributed by atoms with van der Waals surface area (Å²) in [7, 11) is -5.52. The molecular weight excluding hydrogens is 465 g/mol. The monoisotopic (exact) mass is 484 g/mol. The van der Waals surface area contributed by atoms with Crippen molar-refractivity contribution in [2.45, 2.75) is 16.9 Å². The van der Waals surface area contributed by atoms with Gasteiger partial charge in [-0.3, -0.25) is 9.55 Å². The highest BCUT2D eigenvalue weighted by Gasteiger charge is 2.46. The lowest BCUT2D eigenvalue weighted by Gasteiger charge is -2.30. The van der Waals surface area contributed by atoms with Crippen molar-refractivity contribution in [3.05, 3.63) is 65.0 Å². The Kier molecular flexibility index (Phi) is 5.93. The van der Waals surface area contributed by atoms with Crippen LogP contribution in [0.25, 0.3) is 5.69 Å². The van der Waals surface area contributed by atoms with E-state index in [2.05, 4.69) is 9.88 Å². The molecule has 0 aliphatic carbocycles. The van der Waals surface area contributed by atoms with Gasteiger partial charge >= 0.3 is 11.2 Å². The number of hydrogen-bond acceptors (Lipinski definition) is 7. The van der Waals surface area contributed by atoms with Crippen LogP contribution in [0.3, 0.4) is 0 Å². The molecule has 2 aromatic heterocycles. The van der Waals surface area contributed by atoms with Gasteiger partial charge in [-0.2, -0.15) is 13.2 Å². The van der Waals surface area contributed by atoms with Gasteiger partial charge in [-0.25, -0.2) is 17.8 Å². The van der Waals surface area contributed by atoms with Gasteiger partial charge in [-0.05, 0) is 35.9 Å². The van der Waals surface area contributed by atoms with Crippen LogP contribution in [0.1, 0.15) is 5.56 Å². The molecule has 0 atom stereocenters. The fraction of sp³-hybridized carbons (Fsp3) is 0.300. The number of hydrogen-bond donors (Lipinski definition) is 1. The molecule has 1 aromatic carbocycles. The van der Waals surface area contributed by atoms with E-state index >= 15 is 0 Å². The zero-order chi connectivity index (χ0) is 23.8. The van der Waals surface area contributed by atoms with Crippen LogP contribution in [0.2, 0.25) is 0 Å². The lowest BCUT2D eigenvalue weighted by Crippen LogP contribution is -2.37. The van der Waals surface area contributed by atoms with Gasteiger partial charge in [0.1, 0.15) is 0 Å². The fourth-order valence-corrected chi connectivity index (χ4v) is 4.33. The molecule has 13 heteroatoms. The molecule has 0 spiro atoms. The first-order valence-electron chi connectivity index (χ1n) is 9.78. The molecule has 176 valence electrons. The minimum absolute atomic E-state index is 0.0144. The van der Waals surface area contributed by atoms with Gasteiger partial charge in [0, 0.05) is 19.3 Å². The van der Waals surface area contributed by atoms with Gasteiger partial charge < -0.3 is 14.7 Å². The molecule has 0 unspecified atom stereocenters. The molecule has 1 aliphatic rings. The van der Waals surface area contributed by atoms with Crippen LogP contribution in [0.15, 0.2) is 58.6 Å². The molecular formula is C20H19F3N4O5S. The molecule has 1 aliphatic heterocycles. The van der Waals surface area contributed by atoms with Gasteiger partial charge in [-0.1, -0.05) is 0 Å². The number of rotatable bonds is 5. The first-order chi connectivity index (χ1) is 15.6. The summed E-state index contributed by atoms with van der Waals surface area (Å²) >= 11 is 0. The first-order valence-corrected chi connectivity index (χ1v) is 11.3. The quantitative estimate of drug-likeness (QED) is 0.590. The van der Waals surface area contributed by atoms with Crippen molar-refractivity contribution in [1.29, 1.82) is 0 Å². The number of pyridine rings is 1. The number of ether oxygens (including phenoxy) is 1. The number of anilines is 1. The lowest BCUT2D eigenvalue weighted by molar-refractivity contribution is -0.0436. The Morgan fingerprint density at radius 2 is 1.76 bits per heavy atom. The van der Waals surface area contributed by atoms with Crippen LogP contribution in [0.5, 0.6) is 5.88 Å². The number of aromatic hydroxyl groups is 1. The number of nitrogens with zero attached hydrogens (tertiary/aromatic N) is 4. The topological polar surface area (TPSA) is 107 Å². The van der Waals surface area contributed by atoms with E-state index in [9.17, 15) is 31.5 Å². The Labute approximate surface area is 186 Å². The standard InChI is InChI=1S/C20H19F3N4O5S/c21-20(22,23)33(30,31)16-3-1-15(2-4-16)27-18(28)13-26(19(27)29)12-14-5-6-24-11-17(14)25-7-9-32-10-8-25/h1-6,11,13,28H,7-10,12H2. The second kappa shape index (κ2) is 8.56. The normalized spacial score (nSPS) is 15.1. The molecule has 3 heterocycles. The summed E-state index contributed by atoms with van der Waals surface area (Å²) in [6, 6.07) is 5.27. The third kappa shape index (κ3) is 4.33. The van der Waals surface area contributed by atoms with E-state index in [0.717, 1.165) is 40.1 Å². The number of aromatic nitrogens is 3. The predicted molar refractivity (Wildman–Crippen MR) is 111 cm³/mol. The third-order valence-corrected chi connectivity index (χ3v) is 6.73. The molecule has 4 rings (SSSR count). The van der Waals surface area contributed by atoms with Crippen molar-refractivity contribution in [1.82, 2.24) is 14.1 Å². The second-order valence-corrected chi connectivity index (χ2v) is 9.22. The zero-order valence-corrected chi connectivity index (χ0v) is 17.9. The second-order valence-electron chi connectivity index (χ2n) is 7.28. The maximum absolute atomic E-state index is 12.9. The van der Waals surface area contributed by atoms with E-state index in [1.807, 2.05) is 0 Å². The molecule has 1 fully saturated rings. The van der Waals surface area contributed by atoms with Crippen LogP contribution in [-0.2, 0) is 21.1 Å². The Morgan fingerprint density at radius 3 is 2.39 bits per heavy atom. The van der Waals surface area contributed by atoms with Crippen molar-refractivity contribution >= 4 is 15.5 Å². The first kappa shape index (κ1) is 22.9. The van der Waals surface area contributed by atoms with Crippen LogP contribution in [-0.4, -0.2) is 59.5 Å². The van der Waals surface area contributed by atoms with E-state index in [0.29, 0.717) is 26.3 Å². The maximum Gasteiger partial charge on any atom is 0.501 e. The highest BCUT2D eigenvalue weighted by atomic mass is 32.2. The summed E-state index contributed by atoms with van der Waals surface area (Å²) in [5.41, 5.74) is -4.48. The summed E-state index contributed by atoms with van der Waals surface area (Å²) in [6.07, 6.45) is 4.47.